The summed E-state index contributed by atoms with van der Waals surface area (Å²) in [6.07, 6.45) is 3.20. The lowest BCUT2D eigenvalue weighted by molar-refractivity contribution is 0.102. The summed E-state index contributed by atoms with van der Waals surface area (Å²) in [5.41, 5.74) is 4.33. The van der Waals surface area contributed by atoms with E-state index in [1.807, 2.05) is 60.0 Å². The molecule has 1 aliphatic heterocycles. The molecule has 6 rings (SSSR count). The van der Waals surface area contributed by atoms with Crippen molar-refractivity contribution in [3.63, 3.8) is 0 Å². The molecule has 1 N–H and O–H groups in total. The number of hydrogen-bond donors (Lipinski definition) is 1. The minimum absolute atomic E-state index is 0.219. The second-order valence-corrected chi connectivity index (χ2v) is 7.91. The van der Waals surface area contributed by atoms with E-state index in [0.29, 0.717) is 27.8 Å². The first-order valence-electron chi connectivity index (χ1n) is 9.81. The highest BCUT2D eigenvalue weighted by Crippen LogP contribution is 2.36. The topological polar surface area (TPSA) is 90.6 Å². The van der Waals surface area contributed by atoms with Crippen molar-refractivity contribution in [3.05, 3.63) is 77.9 Å². The van der Waals surface area contributed by atoms with Gasteiger partial charge in [0.15, 0.2) is 22.3 Å². The van der Waals surface area contributed by atoms with Gasteiger partial charge in [0.25, 0.3) is 5.91 Å². The molecule has 4 heterocycles. The molecule has 2 aromatic carbocycles. The van der Waals surface area contributed by atoms with Gasteiger partial charge < -0.3 is 9.47 Å². The first-order valence-corrected chi connectivity index (χ1v) is 10.7. The number of benzene rings is 2. The lowest BCUT2D eigenvalue weighted by Crippen LogP contribution is -2.12. The molecule has 0 unspecified atom stereocenters. The minimum atomic E-state index is -0.315. The van der Waals surface area contributed by atoms with Crippen molar-refractivity contribution in [3.8, 4) is 34.0 Å². The van der Waals surface area contributed by atoms with Gasteiger partial charge in [0.2, 0.25) is 6.79 Å². The Morgan fingerprint density at radius 1 is 1.03 bits per heavy atom. The van der Waals surface area contributed by atoms with E-state index in [0.717, 1.165) is 22.5 Å². The fourth-order valence-electron chi connectivity index (χ4n) is 3.56. The van der Waals surface area contributed by atoms with E-state index in [1.165, 1.54) is 17.5 Å². The Kier molecular flexibility index (Phi) is 4.32. The molecular weight excluding hydrogens is 426 g/mol. The van der Waals surface area contributed by atoms with Crippen LogP contribution in [-0.2, 0) is 0 Å². The summed E-state index contributed by atoms with van der Waals surface area (Å²) < 4.78 is 12.5. The molecule has 1 amide bonds. The fourth-order valence-corrected chi connectivity index (χ4v) is 4.28. The second kappa shape index (κ2) is 7.47. The van der Waals surface area contributed by atoms with Crippen LogP contribution in [-0.4, -0.2) is 32.3 Å². The number of nitrogens with one attached hydrogen (secondary N) is 1. The number of carbonyl (C=O) groups excluding carboxylic acids is 1. The average Bonchev–Trinajstić information content (AvgIpc) is 3.58. The van der Waals surface area contributed by atoms with Crippen molar-refractivity contribution in [2.45, 2.75) is 0 Å². The van der Waals surface area contributed by atoms with E-state index in [1.54, 1.807) is 10.7 Å². The summed E-state index contributed by atoms with van der Waals surface area (Å²) in [6.45, 7) is 0.219. The number of rotatable bonds is 4. The summed E-state index contributed by atoms with van der Waals surface area (Å²) in [6, 6.07) is 17.4. The van der Waals surface area contributed by atoms with Crippen LogP contribution in [0, 0.1) is 0 Å². The maximum absolute atomic E-state index is 13.0. The number of hydrogen-bond acceptors (Lipinski definition) is 7. The molecule has 9 heteroatoms. The molecule has 0 bridgehead atoms. The number of carbonyl (C=O) groups is 1. The van der Waals surface area contributed by atoms with Gasteiger partial charge in [-0.25, -0.2) is 14.5 Å². The van der Waals surface area contributed by atoms with Crippen molar-refractivity contribution in [2.24, 2.45) is 0 Å². The maximum atomic E-state index is 13.0. The zero-order chi connectivity index (χ0) is 21.5. The van der Waals surface area contributed by atoms with E-state index in [4.69, 9.17) is 9.47 Å². The highest BCUT2D eigenvalue weighted by atomic mass is 32.1. The summed E-state index contributed by atoms with van der Waals surface area (Å²) >= 11 is 1.35. The van der Waals surface area contributed by atoms with E-state index >= 15 is 0 Å². The highest BCUT2D eigenvalue weighted by Gasteiger charge is 2.19. The molecule has 1 aliphatic rings. The summed E-state index contributed by atoms with van der Waals surface area (Å²) in [4.78, 5) is 21.9. The quantitative estimate of drug-likeness (QED) is 0.442. The van der Waals surface area contributed by atoms with E-state index in [-0.39, 0.29) is 12.7 Å². The number of amides is 1. The van der Waals surface area contributed by atoms with Gasteiger partial charge in [0, 0.05) is 22.7 Å². The molecule has 0 aliphatic carbocycles. The standard InChI is InChI=1S/C23H15N5O3S/c29-22(16-11-25-28-18(8-9-24-21(16)28)14-4-2-1-3-5-14)27-23-26-17(12-32-23)15-6-7-19-20(10-15)31-13-30-19/h1-12H,13H2,(H,26,27,29). The van der Waals surface area contributed by atoms with Crippen LogP contribution >= 0.6 is 11.3 Å². The lowest BCUT2D eigenvalue weighted by atomic mass is 10.1. The monoisotopic (exact) mass is 441 g/mol. The molecule has 32 heavy (non-hydrogen) atoms. The summed E-state index contributed by atoms with van der Waals surface area (Å²) in [7, 11) is 0. The fraction of sp³-hybridized carbons (Fsp3) is 0.0435. The molecule has 0 saturated heterocycles. The van der Waals surface area contributed by atoms with E-state index < -0.39 is 0 Å². The van der Waals surface area contributed by atoms with Gasteiger partial charge in [-0.1, -0.05) is 30.3 Å². The van der Waals surface area contributed by atoms with Gasteiger partial charge in [-0.15, -0.1) is 11.3 Å². The van der Waals surface area contributed by atoms with Crippen LogP contribution in [0.5, 0.6) is 11.5 Å². The highest BCUT2D eigenvalue weighted by molar-refractivity contribution is 7.14. The Balaban J connectivity index is 1.27. The largest absolute Gasteiger partial charge is 0.454 e. The smallest absolute Gasteiger partial charge is 0.262 e. The molecule has 156 valence electrons. The molecule has 3 aromatic heterocycles. The predicted octanol–water partition coefficient (Wildman–Crippen LogP) is 4.50. The molecule has 0 saturated carbocycles. The second-order valence-electron chi connectivity index (χ2n) is 7.05. The predicted molar refractivity (Wildman–Crippen MR) is 120 cm³/mol. The minimum Gasteiger partial charge on any atom is -0.454 e. The SMILES string of the molecule is O=C(Nc1nc(-c2ccc3c(c2)OCO3)cs1)c1cnn2c(-c3ccccc3)ccnc12. The van der Waals surface area contributed by atoms with Crippen molar-refractivity contribution >= 4 is 28.0 Å². The van der Waals surface area contributed by atoms with Crippen LogP contribution < -0.4 is 14.8 Å². The van der Waals surface area contributed by atoms with Crippen molar-refractivity contribution in [1.82, 2.24) is 19.6 Å². The third-order valence-electron chi connectivity index (χ3n) is 5.11. The zero-order valence-corrected chi connectivity index (χ0v) is 17.4. The maximum Gasteiger partial charge on any atom is 0.262 e. The third-order valence-corrected chi connectivity index (χ3v) is 5.87. The molecule has 8 nitrogen and oxygen atoms in total. The van der Waals surface area contributed by atoms with Gasteiger partial charge in [0.05, 0.1) is 17.6 Å². The Labute approximate surface area is 186 Å². The molecular formula is C23H15N5O3S. The van der Waals surface area contributed by atoms with Gasteiger partial charge >= 0.3 is 0 Å². The van der Waals surface area contributed by atoms with Gasteiger partial charge in [-0.05, 0) is 24.3 Å². The number of nitrogens with zero attached hydrogens (tertiary/aromatic N) is 4. The first-order chi connectivity index (χ1) is 15.8. The molecule has 5 aromatic rings. The molecule has 0 fully saturated rings. The number of anilines is 1. The van der Waals surface area contributed by atoms with Gasteiger partial charge in [-0.3, -0.25) is 10.1 Å². The molecule has 0 radical (unpaired) electrons. The number of thiazole rings is 1. The summed E-state index contributed by atoms with van der Waals surface area (Å²) in [5, 5.41) is 9.62. The Morgan fingerprint density at radius 2 is 1.91 bits per heavy atom. The number of aromatic nitrogens is 4. The average molecular weight is 441 g/mol. The normalized spacial score (nSPS) is 12.2. The lowest BCUT2D eigenvalue weighted by Gasteiger charge is -2.05. The zero-order valence-electron chi connectivity index (χ0n) is 16.6. The van der Waals surface area contributed by atoms with Crippen molar-refractivity contribution < 1.29 is 14.3 Å². The van der Waals surface area contributed by atoms with E-state index in [2.05, 4.69) is 20.4 Å². The van der Waals surface area contributed by atoms with Crippen LogP contribution in [0.4, 0.5) is 5.13 Å². The van der Waals surface area contributed by atoms with Crippen LogP contribution in [0.25, 0.3) is 28.2 Å². The molecule has 0 spiro atoms. The van der Waals surface area contributed by atoms with Gasteiger partial charge in [0.1, 0.15) is 5.56 Å². The van der Waals surface area contributed by atoms with E-state index in [9.17, 15) is 4.79 Å². The number of fused-ring (bicyclic) bond motifs is 2. The Bertz CT molecular complexity index is 1460. The third kappa shape index (κ3) is 3.15. The van der Waals surface area contributed by atoms with Crippen LogP contribution in [0.1, 0.15) is 10.4 Å². The van der Waals surface area contributed by atoms with Crippen LogP contribution in [0.2, 0.25) is 0 Å². The van der Waals surface area contributed by atoms with Crippen LogP contribution in [0.15, 0.2) is 72.4 Å². The Morgan fingerprint density at radius 3 is 2.81 bits per heavy atom. The first kappa shape index (κ1) is 18.5. The van der Waals surface area contributed by atoms with Gasteiger partial charge in [-0.2, -0.15) is 5.10 Å². The molecule has 0 atom stereocenters. The van der Waals surface area contributed by atoms with Crippen molar-refractivity contribution in [1.29, 1.82) is 0 Å². The Hall–Kier alpha value is -4.24. The number of ether oxygens (including phenoxy) is 2. The van der Waals surface area contributed by atoms with Crippen molar-refractivity contribution in [2.75, 3.05) is 12.1 Å². The summed E-state index contributed by atoms with van der Waals surface area (Å²) in [5.74, 6) is 1.09. The van der Waals surface area contributed by atoms with Crippen LogP contribution in [0.3, 0.4) is 0 Å².